The zero-order valence-electron chi connectivity index (χ0n) is 12.9. The van der Waals surface area contributed by atoms with Gasteiger partial charge in [-0.1, -0.05) is 23.7 Å². The van der Waals surface area contributed by atoms with Gasteiger partial charge in [-0.25, -0.2) is 4.98 Å². The molecule has 0 radical (unpaired) electrons. The third-order valence-electron chi connectivity index (χ3n) is 4.08. The Morgan fingerprint density at radius 1 is 1.38 bits per heavy atom. The van der Waals surface area contributed by atoms with Crippen molar-refractivity contribution in [1.29, 1.82) is 0 Å². The van der Waals surface area contributed by atoms with E-state index in [1.54, 1.807) is 36.2 Å². The number of halogens is 2. The molecule has 3 rings (SSSR count). The van der Waals surface area contributed by atoms with Crippen molar-refractivity contribution in [2.45, 2.75) is 12.5 Å². The SMILES string of the molecule is CN(C(=O)c1ccnc(F)c1)[C@H]1CCN(c2ccccc2Cl)C1=O. The Morgan fingerprint density at radius 3 is 2.83 bits per heavy atom. The minimum absolute atomic E-state index is 0.161. The summed E-state index contributed by atoms with van der Waals surface area (Å²) in [6, 6.07) is 8.95. The standard InChI is InChI=1S/C17H15ClFN3O2/c1-21(16(23)11-6-8-20-15(19)10-11)14-7-9-22(17(14)24)13-5-3-2-4-12(13)18/h2-6,8,10,14H,7,9H2,1H3/t14-/m0/s1. The van der Waals surface area contributed by atoms with E-state index in [-0.39, 0.29) is 11.5 Å². The number of anilines is 1. The average Bonchev–Trinajstić information content (AvgIpc) is 2.95. The fourth-order valence-electron chi connectivity index (χ4n) is 2.81. The Hall–Kier alpha value is -2.47. The summed E-state index contributed by atoms with van der Waals surface area (Å²) in [5.74, 6) is -1.35. The first-order chi connectivity index (χ1) is 11.5. The Balaban J connectivity index is 1.80. The molecule has 0 spiro atoms. The van der Waals surface area contributed by atoms with Crippen molar-refractivity contribution < 1.29 is 14.0 Å². The number of carbonyl (C=O) groups excluding carboxylic acids is 2. The zero-order chi connectivity index (χ0) is 17.3. The molecule has 5 nitrogen and oxygen atoms in total. The summed E-state index contributed by atoms with van der Waals surface area (Å²) in [7, 11) is 1.54. The van der Waals surface area contributed by atoms with Gasteiger partial charge in [0.1, 0.15) is 6.04 Å². The summed E-state index contributed by atoms with van der Waals surface area (Å²) in [4.78, 5) is 31.5. The molecule has 0 aliphatic carbocycles. The van der Waals surface area contributed by atoms with Crippen molar-refractivity contribution in [2.24, 2.45) is 0 Å². The number of hydrogen-bond donors (Lipinski definition) is 0. The minimum Gasteiger partial charge on any atom is -0.330 e. The molecule has 24 heavy (non-hydrogen) atoms. The lowest BCUT2D eigenvalue weighted by molar-refractivity contribution is -0.120. The van der Waals surface area contributed by atoms with Crippen molar-refractivity contribution in [2.75, 3.05) is 18.5 Å². The van der Waals surface area contributed by atoms with Crippen LogP contribution in [0.1, 0.15) is 16.8 Å². The van der Waals surface area contributed by atoms with Crippen LogP contribution in [0.15, 0.2) is 42.6 Å². The summed E-state index contributed by atoms with van der Waals surface area (Å²) in [5, 5.41) is 0.483. The predicted octanol–water partition coefficient (Wildman–Crippen LogP) is 2.75. The van der Waals surface area contributed by atoms with Crippen LogP contribution >= 0.6 is 11.6 Å². The van der Waals surface area contributed by atoms with Gasteiger partial charge in [-0.15, -0.1) is 0 Å². The number of rotatable bonds is 3. The topological polar surface area (TPSA) is 53.5 Å². The van der Waals surface area contributed by atoms with Crippen LogP contribution in [0.5, 0.6) is 0 Å². The van der Waals surface area contributed by atoms with Crippen molar-refractivity contribution >= 4 is 29.1 Å². The first kappa shape index (κ1) is 16.4. The molecule has 1 aromatic heterocycles. The maximum absolute atomic E-state index is 13.2. The van der Waals surface area contributed by atoms with Crippen molar-refractivity contribution in [3.8, 4) is 0 Å². The summed E-state index contributed by atoms with van der Waals surface area (Å²) in [6.07, 6.45) is 1.71. The number of aromatic nitrogens is 1. The third kappa shape index (κ3) is 2.97. The van der Waals surface area contributed by atoms with Crippen LogP contribution in [-0.2, 0) is 4.79 Å². The maximum atomic E-state index is 13.2. The lowest BCUT2D eigenvalue weighted by atomic mass is 10.1. The second-order valence-electron chi connectivity index (χ2n) is 5.53. The second kappa shape index (κ2) is 6.57. The van der Waals surface area contributed by atoms with Crippen molar-refractivity contribution in [3.63, 3.8) is 0 Å². The number of hydrogen-bond acceptors (Lipinski definition) is 3. The molecule has 2 aromatic rings. The Morgan fingerprint density at radius 2 is 2.12 bits per heavy atom. The second-order valence-corrected chi connectivity index (χ2v) is 5.94. The van der Waals surface area contributed by atoms with Crippen LogP contribution in [0.4, 0.5) is 10.1 Å². The van der Waals surface area contributed by atoms with Gasteiger partial charge in [-0.2, -0.15) is 4.39 Å². The molecule has 1 fully saturated rings. The van der Waals surface area contributed by atoms with E-state index in [1.807, 2.05) is 0 Å². The number of pyridine rings is 1. The lowest BCUT2D eigenvalue weighted by Crippen LogP contribution is -2.43. The summed E-state index contributed by atoms with van der Waals surface area (Å²) in [6.45, 7) is 0.468. The summed E-state index contributed by atoms with van der Waals surface area (Å²) >= 11 is 6.15. The molecular weight excluding hydrogens is 333 g/mol. The average molecular weight is 348 g/mol. The van der Waals surface area contributed by atoms with Gasteiger partial charge in [0.2, 0.25) is 11.9 Å². The highest BCUT2D eigenvalue weighted by Crippen LogP contribution is 2.30. The largest absolute Gasteiger partial charge is 0.330 e. The molecule has 1 atom stereocenters. The molecule has 1 aliphatic rings. The Bertz CT molecular complexity index is 799. The molecule has 1 saturated heterocycles. The van der Waals surface area contributed by atoms with Crippen LogP contribution < -0.4 is 4.90 Å². The van der Waals surface area contributed by atoms with Gasteiger partial charge in [0.25, 0.3) is 5.91 Å². The molecular formula is C17H15ClFN3O2. The minimum atomic E-state index is -0.732. The molecule has 0 saturated carbocycles. The van der Waals surface area contributed by atoms with Gasteiger partial charge in [-0.3, -0.25) is 9.59 Å². The molecule has 0 N–H and O–H groups in total. The fraction of sp³-hybridized carbons (Fsp3) is 0.235. The van der Waals surface area contributed by atoms with Crippen LogP contribution in [0, 0.1) is 5.95 Å². The number of nitrogens with zero attached hydrogens (tertiary/aromatic N) is 3. The van der Waals surface area contributed by atoms with E-state index in [0.29, 0.717) is 23.7 Å². The number of carbonyl (C=O) groups is 2. The summed E-state index contributed by atoms with van der Waals surface area (Å²) < 4.78 is 13.2. The zero-order valence-corrected chi connectivity index (χ0v) is 13.7. The van der Waals surface area contributed by atoms with Gasteiger partial charge in [0.05, 0.1) is 10.7 Å². The Kier molecular flexibility index (Phi) is 4.49. The number of likely N-dealkylation sites (N-methyl/N-ethyl adjacent to an activating group) is 1. The fourth-order valence-corrected chi connectivity index (χ4v) is 3.05. The highest BCUT2D eigenvalue weighted by molar-refractivity contribution is 6.34. The molecule has 124 valence electrons. The molecule has 2 heterocycles. The van der Waals surface area contributed by atoms with Gasteiger partial charge < -0.3 is 9.80 Å². The van der Waals surface area contributed by atoms with Gasteiger partial charge in [0.15, 0.2) is 0 Å². The first-order valence-corrected chi connectivity index (χ1v) is 7.81. The smallest absolute Gasteiger partial charge is 0.254 e. The van der Waals surface area contributed by atoms with E-state index >= 15 is 0 Å². The molecule has 7 heteroatoms. The number of amides is 2. The van der Waals surface area contributed by atoms with Crippen molar-refractivity contribution in [3.05, 3.63) is 59.1 Å². The predicted molar refractivity (Wildman–Crippen MR) is 88.5 cm³/mol. The van der Waals surface area contributed by atoms with Crippen LogP contribution in [0.3, 0.4) is 0 Å². The maximum Gasteiger partial charge on any atom is 0.254 e. The van der Waals surface area contributed by atoms with E-state index < -0.39 is 17.9 Å². The van der Waals surface area contributed by atoms with Crippen LogP contribution in [0.2, 0.25) is 5.02 Å². The van der Waals surface area contributed by atoms with E-state index in [4.69, 9.17) is 11.6 Å². The van der Waals surface area contributed by atoms with E-state index in [2.05, 4.69) is 4.98 Å². The first-order valence-electron chi connectivity index (χ1n) is 7.43. The normalized spacial score (nSPS) is 17.2. The van der Waals surface area contributed by atoms with E-state index in [9.17, 15) is 14.0 Å². The number of benzene rings is 1. The van der Waals surface area contributed by atoms with Gasteiger partial charge >= 0.3 is 0 Å². The highest BCUT2D eigenvalue weighted by Gasteiger charge is 2.38. The molecule has 2 amide bonds. The van der Waals surface area contributed by atoms with Gasteiger partial charge in [0, 0.05) is 31.4 Å². The Labute approximate surface area is 143 Å². The molecule has 0 bridgehead atoms. The molecule has 0 unspecified atom stereocenters. The highest BCUT2D eigenvalue weighted by atomic mass is 35.5. The molecule has 1 aliphatic heterocycles. The van der Waals surface area contributed by atoms with Crippen molar-refractivity contribution in [1.82, 2.24) is 9.88 Å². The van der Waals surface area contributed by atoms with Gasteiger partial charge in [-0.05, 0) is 24.6 Å². The van der Waals surface area contributed by atoms with Crippen LogP contribution in [0.25, 0.3) is 0 Å². The monoisotopic (exact) mass is 347 g/mol. The third-order valence-corrected chi connectivity index (χ3v) is 4.40. The summed E-state index contributed by atoms with van der Waals surface area (Å²) in [5.41, 5.74) is 0.788. The van der Waals surface area contributed by atoms with E-state index in [0.717, 1.165) is 6.07 Å². The molecule has 1 aromatic carbocycles. The van der Waals surface area contributed by atoms with E-state index in [1.165, 1.54) is 17.2 Å². The quantitative estimate of drug-likeness (QED) is 0.802. The number of para-hydroxylation sites is 1. The lowest BCUT2D eigenvalue weighted by Gasteiger charge is -2.24. The van der Waals surface area contributed by atoms with Crippen LogP contribution in [-0.4, -0.2) is 41.3 Å².